The van der Waals surface area contributed by atoms with Crippen LogP contribution >= 0.6 is 23.1 Å². The lowest BCUT2D eigenvalue weighted by atomic mass is 10.2. The summed E-state index contributed by atoms with van der Waals surface area (Å²) in [5.74, 6) is 0.857. The zero-order valence-corrected chi connectivity index (χ0v) is 17.0. The Hall–Kier alpha value is -2.13. The van der Waals surface area contributed by atoms with Gasteiger partial charge in [0.25, 0.3) is 0 Å². The van der Waals surface area contributed by atoms with Gasteiger partial charge in [-0.25, -0.2) is 0 Å². The Labute approximate surface area is 166 Å². The number of benzene rings is 1. The second-order valence-electron chi connectivity index (χ2n) is 6.68. The second kappa shape index (κ2) is 9.18. The van der Waals surface area contributed by atoms with Crippen LogP contribution in [-0.4, -0.2) is 40.9 Å². The molecule has 0 radical (unpaired) electrons. The number of nitrogens with one attached hydrogen (secondary N) is 2. The third kappa shape index (κ3) is 5.67. The van der Waals surface area contributed by atoms with Crippen molar-refractivity contribution in [2.24, 2.45) is 5.92 Å². The van der Waals surface area contributed by atoms with Gasteiger partial charge in [0, 0.05) is 30.9 Å². The number of rotatable bonds is 8. The smallest absolute Gasteiger partial charge is 0.234 e. The largest absolute Gasteiger partial charge is 0.360 e. The molecule has 27 heavy (non-hydrogen) atoms. The van der Waals surface area contributed by atoms with Crippen molar-refractivity contribution in [3.05, 3.63) is 24.3 Å². The summed E-state index contributed by atoms with van der Waals surface area (Å²) in [6.45, 7) is 5.86. The fourth-order valence-electron chi connectivity index (χ4n) is 2.60. The van der Waals surface area contributed by atoms with Crippen molar-refractivity contribution in [2.45, 2.75) is 31.0 Å². The Morgan fingerprint density at radius 2 is 2.07 bits per heavy atom. The molecule has 2 amide bonds. The summed E-state index contributed by atoms with van der Waals surface area (Å²) < 4.78 is 0.763. The van der Waals surface area contributed by atoms with Crippen molar-refractivity contribution in [2.75, 3.05) is 34.4 Å². The molecule has 2 aromatic rings. The third-order valence-electron chi connectivity index (χ3n) is 3.93. The molecule has 7 nitrogen and oxygen atoms in total. The lowest BCUT2D eigenvalue weighted by molar-refractivity contribution is -0.117. The van der Waals surface area contributed by atoms with Crippen LogP contribution in [0.4, 0.5) is 16.5 Å². The number of hydrogen-bond acceptors (Lipinski definition) is 7. The number of nitrogens with zero attached hydrogens (tertiary/aromatic N) is 3. The van der Waals surface area contributed by atoms with E-state index in [1.807, 2.05) is 24.3 Å². The Balaban J connectivity index is 1.46. The number of aromatic nitrogens is 2. The quantitative estimate of drug-likeness (QED) is 0.654. The summed E-state index contributed by atoms with van der Waals surface area (Å²) in [6, 6.07) is 7.37. The fraction of sp³-hybridized carbons (Fsp3) is 0.444. The minimum absolute atomic E-state index is 0.100. The molecule has 1 aromatic carbocycles. The molecule has 0 bridgehead atoms. The molecule has 3 rings (SSSR count). The second-order valence-corrected chi connectivity index (χ2v) is 8.88. The van der Waals surface area contributed by atoms with E-state index in [4.69, 9.17) is 0 Å². The number of carbonyl (C=O) groups excluding carboxylic acids is 2. The summed E-state index contributed by atoms with van der Waals surface area (Å²) in [5.41, 5.74) is 1.59. The molecular formula is C18H23N5O2S2. The summed E-state index contributed by atoms with van der Waals surface area (Å²) in [4.78, 5) is 25.7. The Morgan fingerprint density at radius 3 is 2.74 bits per heavy atom. The van der Waals surface area contributed by atoms with E-state index in [1.165, 1.54) is 23.1 Å². The molecule has 0 aliphatic carbocycles. The maximum atomic E-state index is 12.1. The fourth-order valence-corrected chi connectivity index (χ4v) is 4.16. The van der Waals surface area contributed by atoms with E-state index in [1.54, 1.807) is 4.90 Å². The van der Waals surface area contributed by atoms with Gasteiger partial charge in [0.2, 0.25) is 16.9 Å². The Kier molecular flexibility index (Phi) is 6.68. The van der Waals surface area contributed by atoms with Gasteiger partial charge >= 0.3 is 0 Å². The number of carbonyl (C=O) groups is 2. The van der Waals surface area contributed by atoms with Crippen molar-refractivity contribution in [3.8, 4) is 0 Å². The molecular weight excluding hydrogens is 382 g/mol. The molecule has 0 saturated carbocycles. The molecule has 1 aromatic heterocycles. The monoisotopic (exact) mass is 405 g/mol. The highest BCUT2D eigenvalue weighted by Crippen LogP contribution is 2.26. The van der Waals surface area contributed by atoms with Crippen LogP contribution in [0.2, 0.25) is 0 Å². The molecule has 1 fully saturated rings. The molecule has 1 aliphatic heterocycles. The van der Waals surface area contributed by atoms with Crippen molar-refractivity contribution >= 4 is 51.4 Å². The van der Waals surface area contributed by atoms with Crippen LogP contribution in [0.25, 0.3) is 0 Å². The minimum atomic E-state index is -0.100. The van der Waals surface area contributed by atoms with Gasteiger partial charge in [-0.1, -0.05) is 36.9 Å². The van der Waals surface area contributed by atoms with E-state index in [2.05, 4.69) is 34.7 Å². The number of hydrogen-bond donors (Lipinski definition) is 2. The molecule has 0 unspecified atom stereocenters. The van der Waals surface area contributed by atoms with Crippen molar-refractivity contribution in [1.82, 2.24) is 10.2 Å². The first kappa shape index (κ1) is 19.6. The first-order valence-corrected chi connectivity index (χ1v) is 10.7. The predicted molar refractivity (Wildman–Crippen MR) is 111 cm³/mol. The van der Waals surface area contributed by atoms with Gasteiger partial charge < -0.3 is 15.5 Å². The van der Waals surface area contributed by atoms with E-state index >= 15 is 0 Å². The van der Waals surface area contributed by atoms with Crippen LogP contribution in [0.15, 0.2) is 28.6 Å². The van der Waals surface area contributed by atoms with Gasteiger partial charge in [0.05, 0.1) is 5.75 Å². The van der Waals surface area contributed by atoms with Crippen molar-refractivity contribution in [3.63, 3.8) is 0 Å². The van der Waals surface area contributed by atoms with Crippen LogP contribution in [0.1, 0.15) is 26.7 Å². The standard InChI is InChI=1S/C18H23N5O2S2/c1-12(2)10-19-17-21-22-18(27-17)26-11-15(24)20-13-5-7-14(8-6-13)23-9-3-4-16(23)25/h5-8,12H,3-4,9-11H2,1-2H3,(H,19,21)(H,20,24). The topological polar surface area (TPSA) is 87.2 Å². The lowest BCUT2D eigenvalue weighted by Gasteiger charge is -2.16. The molecule has 144 valence electrons. The zero-order chi connectivity index (χ0) is 19.2. The van der Waals surface area contributed by atoms with Gasteiger partial charge in [0.1, 0.15) is 0 Å². The maximum Gasteiger partial charge on any atom is 0.234 e. The number of thioether (sulfide) groups is 1. The molecule has 0 atom stereocenters. The summed E-state index contributed by atoms with van der Waals surface area (Å²) >= 11 is 2.82. The lowest BCUT2D eigenvalue weighted by Crippen LogP contribution is -2.23. The van der Waals surface area contributed by atoms with Gasteiger partial charge in [-0.05, 0) is 36.6 Å². The molecule has 0 spiro atoms. The highest BCUT2D eigenvalue weighted by molar-refractivity contribution is 8.01. The van der Waals surface area contributed by atoms with Gasteiger partial charge in [-0.15, -0.1) is 10.2 Å². The summed E-state index contributed by atoms with van der Waals surface area (Å²) in [5, 5.41) is 15.0. The summed E-state index contributed by atoms with van der Waals surface area (Å²) in [7, 11) is 0. The SMILES string of the molecule is CC(C)CNc1nnc(SCC(=O)Nc2ccc(N3CCCC3=O)cc2)s1. The van der Waals surface area contributed by atoms with Crippen LogP contribution in [0.5, 0.6) is 0 Å². The van der Waals surface area contributed by atoms with Crippen LogP contribution in [0.3, 0.4) is 0 Å². The van der Waals surface area contributed by atoms with E-state index in [0.29, 0.717) is 18.0 Å². The zero-order valence-electron chi connectivity index (χ0n) is 15.4. The van der Waals surface area contributed by atoms with Crippen molar-refractivity contribution in [1.29, 1.82) is 0 Å². The first-order valence-electron chi connectivity index (χ1n) is 8.91. The molecule has 1 aliphatic rings. The average molecular weight is 406 g/mol. The highest BCUT2D eigenvalue weighted by Gasteiger charge is 2.21. The minimum Gasteiger partial charge on any atom is -0.360 e. The Bertz CT molecular complexity index is 791. The highest BCUT2D eigenvalue weighted by atomic mass is 32.2. The third-order valence-corrected chi connectivity index (χ3v) is 5.95. The average Bonchev–Trinajstić information content (AvgIpc) is 3.28. The molecule has 2 heterocycles. The van der Waals surface area contributed by atoms with E-state index in [9.17, 15) is 9.59 Å². The number of anilines is 3. The van der Waals surface area contributed by atoms with Gasteiger partial charge in [-0.2, -0.15) is 0 Å². The van der Waals surface area contributed by atoms with Crippen LogP contribution < -0.4 is 15.5 Å². The van der Waals surface area contributed by atoms with Crippen LogP contribution in [-0.2, 0) is 9.59 Å². The van der Waals surface area contributed by atoms with Gasteiger partial charge in [-0.3, -0.25) is 9.59 Å². The normalized spacial score (nSPS) is 14.0. The van der Waals surface area contributed by atoms with E-state index in [-0.39, 0.29) is 17.6 Å². The van der Waals surface area contributed by atoms with Crippen LogP contribution in [0, 0.1) is 5.92 Å². The van der Waals surface area contributed by atoms with E-state index < -0.39 is 0 Å². The maximum absolute atomic E-state index is 12.1. The predicted octanol–water partition coefficient (Wildman–Crippen LogP) is 3.46. The summed E-state index contributed by atoms with van der Waals surface area (Å²) in [6.07, 6.45) is 1.50. The Morgan fingerprint density at radius 1 is 1.30 bits per heavy atom. The molecule has 9 heteroatoms. The number of amides is 2. The van der Waals surface area contributed by atoms with Gasteiger partial charge in [0.15, 0.2) is 4.34 Å². The molecule has 2 N–H and O–H groups in total. The van der Waals surface area contributed by atoms with E-state index in [0.717, 1.165) is 34.7 Å². The first-order chi connectivity index (χ1) is 13.0. The van der Waals surface area contributed by atoms with Crippen molar-refractivity contribution < 1.29 is 9.59 Å². The molecule has 1 saturated heterocycles.